The average molecular weight is 388 g/mol. The number of nitrogens with zero attached hydrogens (tertiary/aromatic N) is 3. The third-order valence-electron chi connectivity index (χ3n) is 5.67. The molecule has 4 rings (SSSR count). The number of halogens is 1. The van der Waals surface area contributed by atoms with Gasteiger partial charge in [0.05, 0.1) is 11.4 Å². The Kier molecular flexibility index (Phi) is 4.73. The first kappa shape index (κ1) is 19.3. The molecule has 3 nitrogen and oxygen atoms in total. The number of hydrogen-bond acceptors (Lipinski definition) is 2. The van der Waals surface area contributed by atoms with E-state index in [4.69, 9.17) is 5.10 Å². The Morgan fingerprint density at radius 1 is 1.03 bits per heavy atom. The first-order chi connectivity index (χ1) is 13.8. The average Bonchev–Trinajstić information content (AvgIpc) is 3.12. The Balaban J connectivity index is 2.02. The van der Waals surface area contributed by atoms with E-state index in [9.17, 15) is 0 Å². The highest BCUT2D eigenvalue weighted by atomic mass is 19.1. The Hall–Kier alpha value is -3.01. The molecule has 1 atom stereocenters. The van der Waals surface area contributed by atoms with Gasteiger partial charge in [-0.15, -0.1) is 0 Å². The van der Waals surface area contributed by atoms with E-state index in [1.54, 1.807) is 13.1 Å². The fourth-order valence-electron chi connectivity index (χ4n) is 4.08. The zero-order valence-electron chi connectivity index (χ0n) is 17.6. The minimum Gasteiger partial charge on any atom is -0.255 e. The number of alkyl halides is 1. The molecule has 0 amide bonds. The van der Waals surface area contributed by atoms with Crippen molar-refractivity contribution < 1.29 is 4.39 Å². The van der Waals surface area contributed by atoms with Gasteiger partial charge >= 0.3 is 0 Å². The van der Waals surface area contributed by atoms with Crippen LogP contribution in [0.3, 0.4) is 0 Å². The van der Waals surface area contributed by atoms with Crippen LogP contribution in [0.15, 0.2) is 54.9 Å². The van der Waals surface area contributed by atoms with Gasteiger partial charge in [-0.05, 0) is 56.7 Å². The number of aromatic nitrogens is 3. The van der Waals surface area contributed by atoms with E-state index in [0.29, 0.717) is 12.1 Å². The van der Waals surface area contributed by atoms with Crippen LogP contribution in [0.4, 0.5) is 4.39 Å². The number of hydrogen-bond donors (Lipinski definition) is 0. The van der Waals surface area contributed by atoms with Crippen LogP contribution in [0, 0.1) is 20.8 Å². The standard InChI is InChI=1S/C25H26FN3/c1-6-25(5,26)24-21(22-20-10-8-7-9-19(20)11-12-27-22)15-29(28-24)23-17(3)13-16(2)14-18(23)4/h7-15H,6H2,1-5H3. The summed E-state index contributed by atoms with van der Waals surface area (Å²) in [4.78, 5) is 4.63. The lowest BCUT2D eigenvalue weighted by Crippen LogP contribution is -2.16. The van der Waals surface area contributed by atoms with Crippen LogP contribution in [0.5, 0.6) is 0 Å². The maximum absolute atomic E-state index is 15.6. The van der Waals surface area contributed by atoms with E-state index in [-0.39, 0.29) is 0 Å². The molecule has 1 unspecified atom stereocenters. The van der Waals surface area contributed by atoms with Crippen LogP contribution in [-0.4, -0.2) is 14.8 Å². The number of fused-ring (bicyclic) bond motifs is 1. The minimum atomic E-state index is -1.55. The summed E-state index contributed by atoms with van der Waals surface area (Å²) < 4.78 is 17.4. The summed E-state index contributed by atoms with van der Waals surface area (Å²) in [6.07, 6.45) is 4.05. The van der Waals surface area contributed by atoms with Crippen molar-refractivity contribution in [3.8, 4) is 16.9 Å². The summed E-state index contributed by atoms with van der Waals surface area (Å²) in [6, 6.07) is 14.3. The van der Waals surface area contributed by atoms with E-state index >= 15 is 4.39 Å². The fraction of sp³-hybridized carbons (Fsp3) is 0.280. The van der Waals surface area contributed by atoms with Crippen LogP contribution >= 0.6 is 0 Å². The van der Waals surface area contributed by atoms with Gasteiger partial charge in [0.25, 0.3) is 0 Å². The molecule has 2 aromatic carbocycles. The normalized spacial score (nSPS) is 13.6. The molecule has 0 bridgehead atoms. The molecular weight excluding hydrogens is 361 g/mol. The lowest BCUT2D eigenvalue weighted by Gasteiger charge is -2.18. The monoisotopic (exact) mass is 387 g/mol. The van der Waals surface area contributed by atoms with Crippen molar-refractivity contribution in [3.63, 3.8) is 0 Å². The Morgan fingerprint density at radius 3 is 2.41 bits per heavy atom. The summed E-state index contributed by atoms with van der Waals surface area (Å²) in [5.41, 5.74) is 4.83. The van der Waals surface area contributed by atoms with Crippen molar-refractivity contribution in [3.05, 3.63) is 77.2 Å². The molecule has 0 N–H and O–H groups in total. The van der Waals surface area contributed by atoms with Gasteiger partial charge in [0.2, 0.25) is 0 Å². The third kappa shape index (κ3) is 3.33. The zero-order valence-corrected chi connectivity index (χ0v) is 17.6. The molecule has 0 saturated carbocycles. The molecule has 0 saturated heterocycles. The molecule has 0 aliphatic carbocycles. The molecule has 0 aliphatic heterocycles. The largest absolute Gasteiger partial charge is 0.255 e. The molecule has 0 aliphatic rings. The number of pyridine rings is 1. The van der Waals surface area contributed by atoms with Gasteiger partial charge < -0.3 is 0 Å². The summed E-state index contributed by atoms with van der Waals surface area (Å²) in [5, 5.41) is 6.84. The Labute approximate surface area is 171 Å². The SMILES string of the molecule is CCC(C)(F)c1nn(-c2c(C)cc(C)cc2C)cc1-c1nccc2ccccc12. The molecule has 0 fully saturated rings. The highest BCUT2D eigenvalue weighted by Crippen LogP contribution is 2.38. The first-order valence-electron chi connectivity index (χ1n) is 10.0. The number of rotatable bonds is 4. The Morgan fingerprint density at radius 2 is 1.72 bits per heavy atom. The molecule has 29 heavy (non-hydrogen) atoms. The first-order valence-corrected chi connectivity index (χ1v) is 10.0. The topological polar surface area (TPSA) is 30.7 Å². The lowest BCUT2D eigenvalue weighted by molar-refractivity contribution is 0.179. The van der Waals surface area contributed by atoms with Crippen LogP contribution < -0.4 is 0 Å². The maximum Gasteiger partial charge on any atom is 0.152 e. The van der Waals surface area contributed by atoms with Gasteiger partial charge in [-0.3, -0.25) is 4.98 Å². The number of aryl methyl sites for hydroxylation is 3. The predicted octanol–water partition coefficient (Wildman–Crippen LogP) is 6.61. The highest BCUT2D eigenvalue weighted by Gasteiger charge is 2.32. The second-order valence-corrected chi connectivity index (χ2v) is 8.01. The van der Waals surface area contributed by atoms with E-state index in [1.165, 1.54) is 5.56 Å². The lowest BCUT2D eigenvalue weighted by atomic mass is 9.95. The van der Waals surface area contributed by atoms with Crippen molar-refractivity contribution >= 4 is 10.8 Å². The van der Waals surface area contributed by atoms with Crippen molar-refractivity contribution in [1.82, 2.24) is 14.8 Å². The summed E-state index contributed by atoms with van der Waals surface area (Å²) >= 11 is 0. The van der Waals surface area contributed by atoms with Crippen molar-refractivity contribution in [2.24, 2.45) is 0 Å². The van der Waals surface area contributed by atoms with E-state index < -0.39 is 5.67 Å². The van der Waals surface area contributed by atoms with Gasteiger partial charge in [0.1, 0.15) is 5.69 Å². The predicted molar refractivity (Wildman–Crippen MR) is 117 cm³/mol. The molecule has 0 radical (unpaired) electrons. The molecular formula is C25H26FN3. The van der Waals surface area contributed by atoms with Crippen molar-refractivity contribution in [1.29, 1.82) is 0 Å². The van der Waals surface area contributed by atoms with E-state index in [2.05, 4.69) is 37.9 Å². The molecule has 4 heteroatoms. The summed E-state index contributed by atoms with van der Waals surface area (Å²) in [7, 11) is 0. The summed E-state index contributed by atoms with van der Waals surface area (Å²) in [6.45, 7) is 9.67. The number of benzene rings is 2. The van der Waals surface area contributed by atoms with Crippen LogP contribution in [0.25, 0.3) is 27.7 Å². The van der Waals surface area contributed by atoms with Crippen LogP contribution in [-0.2, 0) is 5.67 Å². The van der Waals surface area contributed by atoms with Crippen molar-refractivity contribution in [2.75, 3.05) is 0 Å². The third-order valence-corrected chi connectivity index (χ3v) is 5.67. The van der Waals surface area contributed by atoms with Gasteiger partial charge in [-0.1, -0.05) is 48.9 Å². The van der Waals surface area contributed by atoms with Crippen molar-refractivity contribution in [2.45, 2.75) is 46.7 Å². The quantitative estimate of drug-likeness (QED) is 0.394. The van der Waals surface area contributed by atoms with E-state index in [0.717, 1.165) is 38.8 Å². The Bertz CT molecular complexity index is 1180. The second kappa shape index (κ2) is 7.11. The van der Waals surface area contributed by atoms with Gasteiger partial charge in [-0.2, -0.15) is 5.10 Å². The second-order valence-electron chi connectivity index (χ2n) is 8.01. The zero-order chi connectivity index (χ0) is 20.8. The smallest absolute Gasteiger partial charge is 0.152 e. The molecule has 0 spiro atoms. The maximum atomic E-state index is 15.6. The molecule has 2 heterocycles. The van der Waals surface area contributed by atoms with Crippen LogP contribution in [0.2, 0.25) is 0 Å². The summed E-state index contributed by atoms with van der Waals surface area (Å²) in [5.74, 6) is 0. The van der Waals surface area contributed by atoms with Gasteiger partial charge in [-0.25, -0.2) is 9.07 Å². The van der Waals surface area contributed by atoms with Gasteiger partial charge in [0.15, 0.2) is 5.67 Å². The molecule has 148 valence electrons. The van der Waals surface area contributed by atoms with Gasteiger partial charge in [0, 0.05) is 23.3 Å². The van der Waals surface area contributed by atoms with E-state index in [1.807, 2.05) is 48.1 Å². The fourth-order valence-corrected chi connectivity index (χ4v) is 4.08. The molecule has 4 aromatic rings. The highest BCUT2D eigenvalue weighted by molar-refractivity contribution is 5.95. The molecule has 2 aromatic heterocycles. The van der Waals surface area contributed by atoms with Crippen LogP contribution in [0.1, 0.15) is 42.7 Å². The minimum absolute atomic E-state index is 0.341.